The second-order valence-electron chi connectivity index (χ2n) is 7.71. The monoisotopic (exact) mass is 412 g/mol. The Kier molecular flexibility index (Phi) is 5.34. The molecule has 0 spiro atoms. The van der Waals surface area contributed by atoms with E-state index >= 15 is 0 Å². The number of anilines is 2. The van der Waals surface area contributed by atoms with Gasteiger partial charge in [-0.2, -0.15) is 0 Å². The maximum atomic E-state index is 13.5. The molecule has 0 bridgehead atoms. The minimum atomic E-state index is -0.395. The van der Waals surface area contributed by atoms with Crippen molar-refractivity contribution in [3.8, 4) is 5.75 Å². The van der Waals surface area contributed by atoms with E-state index in [2.05, 4.69) is 5.32 Å². The second-order valence-corrected chi connectivity index (χ2v) is 7.71. The van der Waals surface area contributed by atoms with Crippen LogP contribution in [0.2, 0.25) is 0 Å². The molecule has 0 aromatic heterocycles. The summed E-state index contributed by atoms with van der Waals surface area (Å²) in [6, 6.07) is 20.5. The molecule has 0 aliphatic carbocycles. The van der Waals surface area contributed by atoms with Gasteiger partial charge < -0.3 is 10.1 Å². The third-order valence-corrected chi connectivity index (χ3v) is 5.38. The van der Waals surface area contributed by atoms with Crippen LogP contribution in [0.3, 0.4) is 0 Å². The number of methoxy groups -OCH3 is 1. The Labute approximate surface area is 182 Å². The van der Waals surface area contributed by atoms with E-state index in [9.17, 15) is 9.59 Å². The van der Waals surface area contributed by atoms with Gasteiger partial charge in [0.25, 0.3) is 11.8 Å². The van der Waals surface area contributed by atoms with Crippen molar-refractivity contribution >= 4 is 28.8 Å². The standard InChI is InChI=1S/C26H24N2O3/c1-16-8-11-19(12-9-16)23-24(27-22-13-10-17(2)14-18(22)3)26(30)28(25(23)29)20-6-5-7-21(15-20)31-4/h5-15,27H,1-4H3. The predicted octanol–water partition coefficient (Wildman–Crippen LogP) is 5.02. The Morgan fingerprint density at radius 3 is 2.19 bits per heavy atom. The number of nitrogens with zero attached hydrogens (tertiary/aromatic N) is 1. The summed E-state index contributed by atoms with van der Waals surface area (Å²) in [5.41, 5.74) is 5.78. The molecule has 1 aliphatic heterocycles. The van der Waals surface area contributed by atoms with E-state index in [1.807, 2.05) is 63.2 Å². The molecular formula is C26H24N2O3. The fourth-order valence-corrected chi connectivity index (χ4v) is 3.71. The topological polar surface area (TPSA) is 58.6 Å². The lowest BCUT2D eigenvalue weighted by atomic mass is 10.0. The molecular weight excluding hydrogens is 388 g/mol. The van der Waals surface area contributed by atoms with Crippen LogP contribution in [-0.4, -0.2) is 18.9 Å². The first-order chi connectivity index (χ1) is 14.9. The molecule has 5 nitrogen and oxygen atoms in total. The van der Waals surface area contributed by atoms with Gasteiger partial charge in [0.2, 0.25) is 0 Å². The summed E-state index contributed by atoms with van der Waals surface area (Å²) < 4.78 is 5.28. The lowest BCUT2D eigenvalue weighted by Crippen LogP contribution is -2.32. The lowest BCUT2D eigenvalue weighted by molar-refractivity contribution is -0.120. The number of benzene rings is 3. The van der Waals surface area contributed by atoms with E-state index in [1.165, 1.54) is 4.90 Å². The molecule has 3 aromatic rings. The summed E-state index contributed by atoms with van der Waals surface area (Å²) in [7, 11) is 1.55. The van der Waals surface area contributed by atoms with Crippen molar-refractivity contribution in [3.63, 3.8) is 0 Å². The van der Waals surface area contributed by atoms with E-state index in [0.717, 1.165) is 22.4 Å². The zero-order chi connectivity index (χ0) is 22.1. The Bertz CT molecular complexity index is 1210. The van der Waals surface area contributed by atoms with E-state index in [4.69, 9.17) is 4.74 Å². The fraction of sp³-hybridized carbons (Fsp3) is 0.154. The van der Waals surface area contributed by atoms with Gasteiger partial charge in [0, 0.05) is 11.8 Å². The summed E-state index contributed by atoms with van der Waals surface area (Å²) >= 11 is 0. The molecule has 31 heavy (non-hydrogen) atoms. The van der Waals surface area contributed by atoms with Crippen molar-refractivity contribution in [2.24, 2.45) is 0 Å². The molecule has 0 saturated heterocycles. The molecule has 0 saturated carbocycles. The highest BCUT2D eigenvalue weighted by molar-refractivity contribution is 6.46. The second kappa shape index (κ2) is 8.11. The average molecular weight is 412 g/mol. The van der Waals surface area contributed by atoms with Gasteiger partial charge in [-0.25, -0.2) is 4.90 Å². The van der Waals surface area contributed by atoms with Crippen LogP contribution in [0.4, 0.5) is 11.4 Å². The van der Waals surface area contributed by atoms with Crippen molar-refractivity contribution < 1.29 is 14.3 Å². The number of aryl methyl sites for hydroxylation is 3. The first-order valence-electron chi connectivity index (χ1n) is 10.1. The van der Waals surface area contributed by atoms with E-state index in [0.29, 0.717) is 22.6 Å². The third kappa shape index (κ3) is 3.82. The van der Waals surface area contributed by atoms with Gasteiger partial charge in [-0.15, -0.1) is 0 Å². The summed E-state index contributed by atoms with van der Waals surface area (Å²) in [6.45, 7) is 5.97. The average Bonchev–Trinajstić information content (AvgIpc) is 3.00. The SMILES string of the molecule is COc1cccc(N2C(=O)C(Nc3ccc(C)cc3C)=C(c3ccc(C)cc3)C2=O)c1. The highest BCUT2D eigenvalue weighted by atomic mass is 16.5. The van der Waals surface area contributed by atoms with Crippen LogP contribution in [0, 0.1) is 20.8 Å². The maximum Gasteiger partial charge on any atom is 0.282 e. The van der Waals surface area contributed by atoms with Crippen LogP contribution in [0.1, 0.15) is 22.3 Å². The van der Waals surface area contributed by atoms with Crippen LogP contribution in [0.25, 0.3) is 5.57 Å². The molecule has 0 fully saturated rings. The summed E-state index contributed by atoms with van der Waals surface area (Å²) in [6.07, 6.45) is 0. The van der Waals surface area contributed by atoms with Gasteiger partial charge in [0.15, 0.2) is 0 Å². The smallest absolute Gasteiger partial charge is 0.282 e. The number of hydrogen-bond donors (Lipinski definition) is 1. The molecule has 1 heterocycles. The number of ether oxygens (including phenoxy) is 1. The summed E-state index contributed by atoms with van der Waals surface area (Å²) in [4.78, 5) is 28.2. The third-order valence-electron chi connectivity index (χ3n) is 5.38. The van der Waals surface area contributed by atoms with Gasteiger partial charge in [-0.1, -0.05) is 53.6 Å². The largest absolute Gasteiger partial charge is 0.497 e. The van der Waals surface area contributed by atoms with Gasteiger partial charge in [0.1, 0.15) is 11.4 Å². The molecule has 156 valence electrons. The zero-order valence-corrected chi connectivity index (χ0v) is 18.0. The van der Waals surface area contributed by atoms with Crippen molar-refractivity contribution in [2.75, 3.05) is 17.3 Å². The summed E-state index contributed by atoms with van der Waals surface area (Å²) in [5, 5.41) is 3.24. The highest BCUT2D eigenvalue weighted by Crippen LogP contribution is 2.35. The number of hydrogen-bond acceptors (Lipinski definition) is 4. The van der Waals surface area contributed by atoms with Gasteiger partial charge in [-0.3, -0.25) is 9.59 Å². The van der Waals surface area contributed by atoms with Crippen LogP contribution in [0.15, 0.2) is 72.4 Å². The number of nitrogens with one attached hydrogen (secondary N) is 1. The Morgan fingerprint density at radius 2 is 1.52 bits per heavy atom. The van der Waals surface area contributed by atoms with E-state index in [1.54, 1.807) is 31.4 Å². The minimum Gasteiger partial charge on any atom is -0.497 e. The van der Waals surface area contributed by atoms with Crippen LogP contribution >= 0.6 is 0 Å². The minimum absolute atomic E-state index is 0.267. The molecule has 1 N–H and O–H groups in total. The van der Waals surface area contributed by atoms with E-state index in [-0.39, 0.29) is 11.6 Å². The molecule has 2 amide bonds. The molecule has 5 heteroatoms. The van der Waals surface area contributed by atoms with Crippen molar-refractivity contribution in [1.29, 1.82) is 0 Å². The van der Waals surface area contributed by atoms with E-state index < -0.39 is 5.91 Å². The van der Waals surface area contributed by atoms with Crippen molar-refractivity contribution in [3.05, 3.63) is 94.7 Å². The number of carbonyl (C=O) groups excluding carboxylic acids is 2. The quantitative estimate of drug-likeness (QED) is 0.598. The normalized spacial score (nSPS) is 13.7. The number of imide groups is 1. The molecule has 1 aliphatic rings. The molecule has 0 radical (unpaired) electrons. The fourth-order valence-electron chi connectivity index (χ4n) is 3.71. The Morgan fingerprint density at radius 1 is 0.806 bits per heavy atom. The molecule has 4 rings (SSSR count). The highest BCUT2D eigenvalue weighted by Gasteiger charge is 2.40. The molecule has 3 aromatic carbocycles. The summed E-state index contributed by atoms with van der Waals surface area (Å²) in [5.74, 6) is -0.186. The first-order valence-corrected chi connectivity index (χ1v) is 10.1. The zero-order valence-electron chi connectivity index (χ0n) is 18.0. The number of rotatable bonds is 5. The predicted molar refractivity (Wildman–Crippen MR) is 123 cm³/mol. The molecule has 0 atom stereocenters. The van der Waals surface area contributed by atoms with Crippen molar-refractivity contribution in [1.82, 2.24) is 0 Å². The van der Waals surface area contributed by atoms with Gasteiger partial charge in [0.05, 0.1) is 18.4 Å². The maximum absolute atomic E-state index is 13.5. The van der Waals surface area contributed by atoms with Crippen LogP contribution < -0.4 is 15.0 Å². The van der Waals surface area contributed by atoms with Crippen LogP contribution in [0.5, 0.6) is 5.75 Å². The first kappa shape index (κ1) is 20.4. The Hall–Kier alpha value is -3.86. The van der Waals surface area contributed by atoms with Crippen LogP contribution in [-0.2, 0) is 9.59 Å². The Balaban J connectivity index is 1.83. The lowest BCUT2D eigenvalue weighted by Gasteiger charge is -2.16. The number of carbonyl (C=O) groups is 2. The number of amides is 2. The molecule has 0 unspecified atom stereocenters. The van der Waals surface area contributed by atoms with Gasteiger partial charge >= 0.3 is 0 Å². The van der Waals surface area contributed by atoms with Crippen molar-refractivity contribution in [2.45, 2.75) is 20.8 Å². The van der Waals surface area contributed by atoms with Gasteiger partial charge in [-0.05, 0) is 50.1 Å².